The fraction of sp³-hybridized carbons (Fsp3) is 0.455. The van der Waals surface area contributed by atoms with Gasteiger partial charge < -0.3 is 5.32 Å². The fourth-order valence-electron chi connectivity index (χ4n) is 1.80. The van der Waals surface area contributed by atoms with Crippen molar-refractivity contribution in [1.82, 2.24) is 5.32 Å². The highest BCUT2D eigenvalue weighted by Gasteiger charge is 2.31. The first-order valence-electron chi connectivity index (χ1n) is 5.19. The minimum Gasteiger partial charge on any atom is -0.308 e. The van der Waals surface area contributed by atoms with Crippen LogP contribution >= 0.6 is 15.9 Å². The molecule has 1 fully saturated rings. The molecule has 0 aliphatic carbocycles. The SMILES string of the molecule is CC1CNC(c2ccc(Br)cc2)CS1(=O)=O. The van der Waals surface area contributed by atoms with Crippen molar-refractivity contribution in [1.29, 1.82) is 0 Å². The van der Waals surface area contributed by atoms with E-state index in [0.717, 1.165) is 10.0 Å². The molecule has 5 heteroatoms. The Morgan fingerprint density at radius 2 is 1.94 bits per heavy atom. The highest BCUT2D eigenvalue weighted by Crippen LogP contribution is 2.23. The zero-order valence-electron chi connectivity index (χ0n) is 8.98. The van der Waals surface area contributed by atoms with E-state index in [0.29, 0.717) is 6.54 Å². The van der Waals surface area contributed by atoms with E-state index < -0.39 is 9.84 Å². The van der Waals surface area contributed by atoms with Gasteiger partial charge in [-0.25, -0.2) is 8.42 Å². The molecule has 0 radical (unpaired) electrons. The van der Waals surface area contributed by atoms with Crippen molar-refractivity contribution < 1.29 is 8.42 Å². The van der Waals surface area contributed by atoms with Gasteiger partial charge in [0.05, 0.1) is 11.0 Å². The standard InChI is InChI=1S/C11H14BrNO2S/c1-8-6-13-11(7-16(8,14)15)9-2-4-10(12)5-3-9/h2-5,8,11,13H,6-7H2,1H3. The molecule has 1 heterocycles. The Hall–Kier alpha value is -0.390. The minimum atomic E-state index is -2.94. The van der Waals surface area contributed by atoms with Crippen LogP contribution < -0.4 is 5.32 Å². The van der Waals surface area contributed by atoms with Gasteiger partial charge in [-0.3, -0.25) is 0 Å². The molecule has 1 aromatic rings. The van der Waals surface area contributed by atoms with Crippen LogP contribution in [-0.4, -0.2) is 26.0 Å². The van der Waals surface area contributed by atoms with Gasteiger partial charge in [-0.2, -0.15) is 0 Å². The zero-order chi connectivity index (χ0) is 11.8. The number of benzene rings is 1. The Morgan fingerprint density at radius 1 is 1.31 bits per heavy atom. The summed E-state index contributed by atoms with van der Waals surface area (Å²) in [6.07, 6.45) is 0. The quantitative estimate of drug-likeness (QED) is 0.862. The largest absolute Gasteiger partial charge is 0.308 e. The summed E-state index contributed by atoms with van der Waals surface area (Å²) in [5, 5.41) is 2.99. The summed E-state index contributed by atoms with van der Waals surface area (Å²) >= 11 is 3.36. The number of rotatable bonds is 1. The summed E-state index contributed by atoms with van der Waals surface area (Å²) in [6, 6.07) is 7.69. The van der Waals surface area contributed by atoms with Gasteiger partial charge in [-0.1, -0.05) is 28.1 Å². The van der Waals surface area contributed by atoms with E-state index in [1.807, 2.05) is 24.3 Å². The predicted molar refractivity (Wildman–Crippen MR) is 68.1 cm³/mol. The van der Waals surface area contributed by atoms with Gasteiger partial charge in [-0.05, 0) is 24.6 Å². The third-order valence-electron chi connectivity index (χ3n) is 2.94. The molecule has 2 atom stereocenters. The Bertz CT molecular complexity index is 469. The molecule has 0 amide bonds. The summed E-state index contributed by atoms with van der Waals surface area (Å²) in [4.78, 5) is 0. The Labute approximate surface area is 104 Å². The lowest BCUT2D eigenvalue weighted by Gasteiger charge is -2.28. The minimum absolute atomic E-state index is 0.0747. The van der Waals surface area contributed by atoms with Crippen LogP contribution in [0.1, 0.15) is 18.5 Å². The zero-order valence-corrected chi connectivity index (χ0v) is 11.4. The van der Waals surface area contributed by atoms with E-state index in [9.17, 15) is 8.42 Å². The number of halogens is 1. The lowest BCUT2D eigenvalue weighted by Crippen LogP contribution is -2.44. The van der Waals surface area contributed by atoms with Crippen LogP contribution in [0.3, 0.4) is 0 Å². The normalized spacial score (nSPS) is 28.9. The van der Waals surface area contributed by atoms with E-state index in [2.05, 4.69) is 21.2 Å². The molecular weight excluding hydrogens is 290 g/mol. The lowest BCUT2D eigenvalue weighted by atomic mass is 10.1. The van der Waals surface area contributed by atoms with Crippen LogP contribution in [0.5, 0.6) is 0 Å². The van der Waals surface area contributed by atoms with Crippen LogP contribution in [0.4, 0.5) is 0 Å². The van der Waals surface area contributed by atoms with Crippen molar-refractivity contribution in [3.63, 3.8) is 0 Å². The van der Waals surface area contributed by atoms with E-state index in [-0.39, 0.29) is 17.0 Å². The van der Waals surface area contributed by atoms with E-state index in [4.69, 9.17) is 0 Å². The Balaban J connectivity index is 2.21. The topological polar surface area (TPSA) is 46.2 Å². The maximum atomic E-state index is 11.8. The van der Waals surface area contributed by atoms with Gasteiger partial charge in [0.15, 0.2) is 9.84 Å². The molecule has 1 N–H and O–H groups in total. The maximum Gasteiger partial charge on any atom is 0.156 e. The van der Waals surface area contributed by atoms with Crippen molar-refractivity contribution in [2.24, 2.45) is 0 Å². The van der Waals surface area contributed by atoms with Crippen LogP contribution in [-0.2, 0) is 9.84 Å². The van der Waals surface area contributed by atoms with Crippen LogP contribution in [0.2, 0.25) is 0 Å². The third kappa shape index (κ3) is 2.47. The first-order chi connectivity index (χ1) is 7.49. The van der Waals surface area contributed by atoms with Gasteiger partial charge in [0.25, 0.3) is 0 Å². The molecule has 16 heavy (non-hydrogen) atoms. The van der Waals surface area contributed by atoms with Gasteiger partial charge in [-0.15, -0.1) is 0 Å². The summed E-state index contributed by atoms with van der Waals surface area (Å²) in [6.45, 7) is 2.28. The molecule has 1 aliphatic rings. The van der Waals surface area contributed by atoms with Gasteiger partial charge in [0.1, 0.15) is 0 Å². The van der Waals surface area contributed by atoms with Gasteiger partial charge in [0.2, 0.25) is 0 Å². The van der Waals surface area contributed by atoms with Crippen LogP contribution in [0, 0.1) is 0 Å². The number of nitrogens with one attached hydrogen (secondary N) is 1. The highest BCUT2D eigenvalue weighted by molar-refractivity contribution is 9.10. The predicted octanol–water partition coefficient (Wildman–Crippen LogP) is 1.90. The molecule has 2 rings (SSSR count). The van der Waals surface area contributed by atoms with Crippen molar-refractivity contribution in [3.05, 3.63) is 34.3 Å². The van der Waals surface area contributed by atoms with Gasteiger partial charge in [0, 0.05) is 17.1 Å². The van der Waals surface area contributed by atoms with E-state index >= 15 is 0 Å². The number of sulfone groups is 1. The number of hydrogen-bond donors (Lipinski definition) is 1. The first kappa shape index (κ1) is 12.1. The summed E-state index contributed by atoms with van der Waals surface area (Å²) in [5.41, 5.74) is 1.03. The molecule has 88 valence electrons. The molecule has 0 spiro atoms. The molecule has 1 aromatic carbocycles. The van der Waals surface area contributed by atoms with Crippen molar-refractivity contribution in [2.75, 3.05) is 12.3 Å². The summed E-state index contributed by atoms with van der Waals surface area (Å²) in [5.74, 6) is 0.190. The van der Waals surface area contributed by atoms with Crippen molar-refractivity contribution >= 4 is 25.8 Å². The molecular formula is C11H14BrNO2S. The van der Waals surface area contributed by atoms with Gasteiger partial charge >= 0.3 is 0 Å². The second-order valence-corrected chi connectivity index (χ2v) is 7.53. The first-order valence-corrected chi connectivity index (χ1v) is 7.70. The Kier molecular flexibility index (Phi) is 3.37. The smallest absolute Gasteiger partial charge is 0.156 e. The Morgan fingerprint density at radius 3 is 2.50 bits per heavy atom. The van der Waals surface area contributed by atoms with Crippen molar-refractivity contribution in [2.45, 2.75) is 18.2 Å². The van der Waals surface area contributed by atoms with Crippen molar-refractivity contribution in [3.8, 4) is 0 Å². The molecule has 2 unspecified atom stereocenters. The summed E-state index contributed by atoms with van der Waals surface area (Å²) in [7, 11) is -2.94. The molecule has 0 saturated carbocycles. The second kappa shape index (κ2) is 4.47. The maximum absolute atomic E-state index is 11.8. The second-order valence-electron chi connectivity index (χ2n) is 4.15. The highest BCUT2D eigenvalue weighted by atomic mass is 79.9. The van der Waals surface area contributed by atoms with Crippen LogP contribution in [0.25, 0.3) is 0 Å². The monoisotopic (exact) mass is 303 g/mol. The molecule has 3 nitrogen and oxygen atoms in total. The number of hydrogen-bond acceptors (Lipinski definition) is 3. The average Bonchev–Trinajstić information content (AvgIpc) is 2.23. The summed E-state index contributed by atoms with van der Waals surface area (Å²) < 4.78 is 24.6. The van der Waals surface area contributed by atoms with Crippen LogP contribution in [0.15, 0.2) is 28.7 Å². The van der Waals surface area contributed by atoms with E-state index in [1.165, 1.54) is 0 Å². The lowest BCUT2D eigenvalue weighted by molar-refractivity contribution is 0.502. The fourth-order valence-corrected chi connectivity index (χ4v) is 3.52. The molecule has 0 bridgehead atoms. The average molecular weight is 304 g/mol. The molecule has 1 aliphatic heterocycles. The molecule has 1 saturated heterocycles. The third-order valence-corrected chi connectivity index (χ3v) is 5.66. The van der Waals surface area contributed by atoms with E-state index in [1.54, 1.807) is 6.92 Å². The molecule has 0 aromatic heterocycles.